The first-order chi connectivity index (χ1) is 9.93. The lowest BCUT2D eigenvalue weighted by atomic mass is 10.1. The van der Waals surface area contributed by atoms with Gasteiger partial charge in [-0.3, -0.25) is 0 Å². The Morgan fingerprint density at radius 3 is 2.48 bits per heavy atom. The highest BCUT2D eigenvalue weighted by atomic mass is 16.3. The summed E-state index contributed by atoms with van der Waals surface area (Å²) in [6.45, 7) is 4.07. The van der Waals surface area contributed by atoms with Crippen LogP contribution in [0.2, 0.25) is 0 Å². The summed E-state index contributed by atoms with van der Waals surface area (Å²) in [6, 6.07) is 7.03. The van der Waals surface area contributed by atoms with Crippen molar-refractivity contribution >= 4 is 6.03 Å². The summed E-state index contributed by atoms with van der Waals surface area (Å²) in [6.07, 6.45) is 2.19. The maximum Gasteiger partial charge on any atom is 0.317 e. The highest BCUT2D eigenvalue weighted by Crippen LogP contribution is 2.13. The first-order valence-electron chi connectivity index (χ1n) is 7.36. The Kier molecular flexibility index (Phi) is 7.02. The summed E-state index contributed by atoms with van der Waals surface area (Å²) in [5.41, 5.74) is 1.08. The van der Waals surface area contributed by atoms with Crippen LogP contribution < -0.4 is 5.32 Å². The van der Waals surface area contributed by atoms with Gasteiger partial charge in [0.15, 0.2) is 0 Å². The number of nitrogens with one attached hydrogen (secondary N) is 1. The number of phenolic OH excluding ortho intramolecular Hbond substituents is 1. The predicted octanol–water partition coefficient (Wildman–Crippen LogP) is 2.13. The van der Waals surface area contributed by atoms with Gasteiger partial charge in [0.2, 0.25) is 0 Å². The van der Waals surface area contributed by atoms with E-state index in [2.05, 4.69) is 5.32 Å². The number of urea groups is 1. The number of hydrogen-bond acceptors (Lipinski definition) is 3. The fourth-order valence-electron chi connectivity index (χ4n) is 2.09. The molecular weight excluding hydrogens is 268 g/mol. The maximum absolute atomic E-state index is 12.1. The number of benzene rings is 1. The lowest BCUT2D eigenvalue weighted by molar-refractivity contribution is 0.188. The van der Waals surface area contributed by atoms with Crippen molar-refractivity contribution in [3.05, 3.63) is 29.8 Å². The molecule has 1 aromatic rings. The summed E-state index contributed by atoms with van der Waals surface area (Å²) in [5.74, 6) is 0.246. The minimum atomic E-state index is -0.105. The zero-order valence-corrected chi connectivity index (χ0v) is 13.0. The first-order valence-corrected chi connectivity index (χ1v) is 7.36. The minimum Gasteiger partial charge on any atom is -0.508 e. The van der Waals surface area contributed by atoms with E-state index >= 15 is 0 Å². The van der Waals surface area contributed by atoms with E-state index in [4.69, 9.17) is 5.11 Å². The number of aliphatic hydroxyl groups excluding tert-OH is 1. The summed E-state index contributed by atoms with van der Waals surface area (Å²) in [5, 5.41) is 21.0. The molecule has 0 aromatic heterocycles. The first kappa shape index (κ1) is 17.3. The number of amides is 2. The molecule has 0 bridgehead atoms. The van der Waals surface area contributed by atoms with E-state index in [1.165, 1.54) is 0 Å². The molecule has 0 fully saturated rings. The van der Waals surface area contributed by atoms with Gasteiger partial charge < -0.3 is 20.4 Å². The molecule has 2 amide bonds. The molecule has 0 heterocycles. The summed E-state index contributed by atoms with van der Waals surface area (Å²) >= 11 is 0. The largest absolute Gasteiger partial charge is 0.508 e. The van der Waals surface area contributed by atoms with E-state index in [-0.39, 0.29) is 30.5 Å². The Morgan fingerprint density at radius 1 is 1.29 bits per heavy atom. The third-order valence-corrected chi connectivity index (χ3v) is 3.61. The maximum atomic E-state index is 12.1. The molecule has 1 rings (SSSR count). The van der Waals surface area contributed by atoms with Crippen molar-refractivity contribution in [2.75, 3.05) is 13.7 Å². The van der Waals surface area contributed by atoms with Crippen molar-refractivity contribution in [1.29, 1.82) is 0 Å². The minimum absolute atomic E-state index is 0.0490. The van der Waals surface area contributed by atoms with Crippen LogP contribution in [0.5, 0.6) is 5.75 Å². The molecule has 0 spiro atoms. The Labute approximate surface area is 126 Å². The van der Waals surface area contributed by atoms with E-state index < -0.39 is 0 Å². The van der Waals surface area contributed by atoms with E-state index in [0.29, 0.717) is 6.42 Å². The number of aliphatic hydroxyl groups is 1. The standard InChI is InChI=1S/C16H26N2O3/c1-12(5-4-10-19)17-16(21)18(3)13(2)11-14-6-8-15(20)9-7-14/h6-9,12-13,19-20H,4-5,10-11H2,1-3H3,(H,17,21). The smallest absolute Gasteiger partial charge is 0.317 e. The van der Waals surface area contributed by atoms with Crippen LogP contribution in [0.15, 0.2) is 24.3 Å². The number of phenols is 1. The van der Waals surface area contributed by atoms with Crippen LogP contribution in [-0.4, -0.2) is 46.9 Å². The predicted molar refractivity (Wildman–Crippen MR) is 83.3 cm³/mol. The molecule has 1 aromatic carbocycles. The van der Waals surface area contributed by atoms with Gasteiger partial charge in [0.25, 0.3) is 0 Å². The molecule has 3 N–H and O–H groups in total. The Balaban J connectivity index is 2.47. The van der Waals surface area contributed by atoms with E-state index in [1.54, 1.807) is 24.1 Å². The van der Waals surface area contributed by atoms with Crippen LogP contribution in [0.3, 0.4) is 0 Å². The molecule has 0 saturated carbocycles. The van der Waals surface area contributed by atoms with Gasteiger partial charge in [-0.05, 0) is 50.8 Å². The van der Waals surface area contributed by atoms with Crippen LogP contribution >= 0.6 is 0 Å². The van der Waals surface area contributed by atoms with E-state index in [1.807, 2.05) is 26.0 Å². The van der Waals surface area contributed by atoms with Crippen LogP contribution in [0.25, 0.3) is 0 Å². The molecule has 2 atom stereocenters. The highest BCUT2D eigenvalue weighted by molar-refractivity contribution is 5.74. The Bertz CT molecular complexity index is 434. The van der Waals surface area contributed by atoms with Gasteiger partial charge in [-0.2, -0.15) is 0 Å². The second kappa shape index (κ2) is 8.52. The quantitative estimate of drug-likeness (QED) is 0.721. The highest BCUT2D eigenvalue weighted by Gasteiger charge is 2.17. The van der Waals surface area contributed by atoms with Crippen molar-refractivity contribution in [2.45, 2.75) is 45.2 Å². The Hall–Kier alpha value is -1.75. The Morgan fingerprint density at radius 2 is 1.90 bits per heavy atom. The number of carbonyl (C=O) groups is 1. The molecule has 5 nitrogen and oxygen atoms in total. The van der Waals surface area contributed by atoms with Gasteiger partial charge in [-0.25, -0.2) is 4.79 Å². The van der Waals surface area contributed by atoms with E-state index in [9.17, 15) is 9.90 Å². The fourth-order valence-corrected chi connectivity index (χ4v) is 2.09. The van der Waals surface area contributed by atoms with Gasteiger partial charge in [0.1, 0.15) is 5.75 Å². The van der Waals surface area contributed by atoms with Crippen LogP contribution in [0, 0.1) is 0 Å². The average Bonchev–Trinajstić information content (AvgIpc) is 2.46. The monoisotopic (exact) mass is 294 g/mol. The third kappa shape index (κ3) is 6.04. The zero-order chi connectivity index (χ0) is 15.8. The lowest BCUT2D eigenvalue weighted by Gasteiger charge is -2.27. The van der Waals surface area contributed by atoms with Gasteiger partial charge in [-0.15, -0.1) is 0 Å². The molecule has 118 valence electrons. The topological polar surface area (TPSA) is 72.8 Å². The van der Waals surface area contributed by atoms with Crippen LogP contribution in [-0.2, 0) is 6.42 Å². The third-order valence-electron chi connectivity index (χ3n) is 3.61. The molecule has 0 radical (unpaired) electrons. The lowest BCUT2D eigenvalue weighted by Crippen LogP contribution is -2.46. The summed E-state index contributed by atoms with van der Waals surface area (Å²) < 4.78 is 0. The molecule has 0 aliphatic rings. The SMILES string of the molecule is CC(CCCO)NC(=O)N(C)C(C)Cc1ccc(O)cc1. The normalized spacial score (nSPS) is 13.5. The number of hydrogen-bond donors (Lipinski definition) is 3. The molecule has 0 saturated heterocycles. The van der Waals surface area contributed by atoms with Crippen LogP contribution in [0.4, 0.5) is 4.79 Å². The zero-order valence-electron chi connectivity index (χ0n) is 13.0. The van der Waals surface area contributed by atoms with E-state index in [0.717, 1.165) is 18.4 Å². The number of carbonyl (C=O) groups excluding carboxylic acids is 1. The number of rotatable bonds is 7. The molecule has 21 heavy (non-hydrogen) atoms. The van der Waals surface area contributed by atoms with Gasteiger partial charge in [0, 0.05) is 25.7 Å². The van der Waals surface area contributed by atoms with Crippen molar-refractivity contribution < 1.29 is 15.0 Å². The molecular formula is C16H26N2O3. The van der Waals surface area contributed by atoms with Crippen molar-refractivity contribution in [2.24, 2.45) is 0 Å². The van der Waals surface area contributed by atoms with Gasteiger partial charge in [0.05, 0.1) is 0 Å². The van der Waals surface area contributed by atoms with Gasteiger partial charge >= 0.3 is 6.03 Å². The van der Waals surface area contributed by atoms with Crippen LogP contribution in [0.1, 0.15) is 32.3 Å². The summed E-state index contributed by atoms with van der Waals surface area (Å²) in [7, 11) is 1.78. The molecule has 0 aliphatic carbocycles. The molecule has 5 heteroatoms. The number of aromatic hydroxyl groups is 1. The second-order valence-corrected chi connectivity index (χ2v) is 5.55. The summed E-state index contributed by atoms with van der Waals surface area (Å²) in [4.78, 5) is 13.8. The average molecular weight is 294 g/mol. The number of nitrogens with zero attached hydrogens (tertiary/aromatic N) is 1. The van der Waals surface area contributed by atoms with Crippen molar-refractivity contribution in [1.82, 2.24) is 10.2 Å². The number of likely N-dealkylation sites (N-methyl/N-ethyl adjacent to an activating group) is 1. The van der Waals surface area contributed by atoms with Gasteiger partial charge in [-0.1, -0.05) is 12.1 Å². The van der Waals surface area contributed by atoms with Crippen molar-refractivity contribution in [3.63, 3.8) is 0 Å². The van der Waals surface area contributed by atoms with Crippen molar-refractivity contribution in [3.8, 4) is 5.75 Å². The second-order valence-electron chi connectivity index (χ2n) is 5.55. The fraction of sp³-hybridized carbons (Fsp3) is 0.562. The molecule has 0 aliphatic heterocycles. The molecule has 2 unspecified atom stereocenters.